The number of pyridine rings is 1. The maximum absolute atomic E-state index is 14.3. The fourth-order valence-corrected chi connectivity index (χ4v) is 3.73. The first-order chi connectivity index (χ1) is 11.7. The molecule has 1 unspecified atom stereocenters. The predicted molar refractivity (Wildman–Crippen MR) is 98.1 cm³/mol. The Balaban J connectivity index is 1.83. The molecule has 2 aromatic rings. The van der Waals surface area contributed by atoms with Crippen molar-refractivity contribution < 1.29 is 4.39 Å². The molecule has 1 saturated heterocycles. The molecule has 1 N–H and O–H groups in total. The van der Waals surface area contributed by atoms with Crippen LogP contribution in [0.25, 0.3) is 0 Å². The van der Waals surface area contributed by atoms with Crippen molar-refractivity contribution in [1.29, 1.82) is 0 Å². The summed E-state index contributed by atoms with van der Waals surface area (Å²) in [4.78, 5) is 6.83. The number of aromatic nitrogens is 1. The van der Waals surface area contributed by atoms with E-state index in [2.05, 4.69) is 31.1 Å². The Morgan fingerprint density at radius 2 is 2.04 bits per heavy atom. The fraction of sp³-hybridized carbons (Fsp3) is 0.421. The molecule has 1 aliphatic rings. The molecule has 3 nitrogen and oxygen atoms in total. The second kappa shape index (κ2) is 8.70. The maximum atomic E-state index is 14.3. The molecule has 0 spiro atoms. The van der Waals surface area contributed by atoms with Crippen molar-refractivity contribution in [3.8, 4) is 0 Å². The van der Waals surface area contributed by atoms with E-state index in [0.717, 1.165) is 54.6 Å². The molecule has 2 heterocycles. The molecule has 0 amide bonds. The molecule has 0 aliphatic carbocycles. The molecular formula is C19H23BrFN3. The number of nitrogens with one attached hydrogen (secondary N) is 1. The van der Waals surface area contributed by atoms with E-state index < -0.39 is 0 Å². The second-order valence-corrected chi connectivity index (χ2v) is 7.12. The van der Waals surface area contributed by atoms with Crippen molar-refractivity contribution in [2.75, 3.05) is 13.1 Å². The average molecular weight is 392 g/mol. The summed E-state index contributed by atoms with van der Waals surface area (Å²) >= 11 is 3.51. The number of nitrogens with zero attached hydrogens (tertiary/aromatic N) is 2. The highest BCUT2D eigenvalue weighted by molar-refractivity contribution is 9.10. The van der Waals surface area contributed by atoms with Crippen molar-refractivity contribution in [1.82, 2.24) is 15.2 Å². The third-order valence-corrected chi connectivity index (χ3v) is 5.32. The largest absolute Gasteiger partial charge is 0.317 e. The van der Waals surface area contributed by atoms with Crippen molar-refractivity contribution in [2.24, 2.45) is 0 Å². The molecule has 0 bridgehead atoms. The molecule has 128 valence electrons. The van der Waals surface area contributed by atoms with Gasteiger partial charge in [-0.25, -0.2) is 4.39 Å². The van der Waals surface area contributed by atoms with E-state index in [9.17, 15) is 4.39 Å². The molecule has 24 heavy (non-hydrogen) atoms. The third kappa shape index (κ3) is 4.62. The Morgan fingerprint density at radius 1 is 1.12 bits per heavy atom. The van der Waals surface area contributed by atoms with Crippen LogP contribution in [0.15, 0.2) is 47.1 Å². The summed E-state index contributed by atoms with van der Waals surface area (Å²) in [5.74, 6) is -0.151. The van der Waals surface area contributed by atoms with E-state index in [-0.39, 0.29) is 5.82 Å². The molecule has 1 aromatic heterocycles. The van der Waals surface area contributed by atoms with E-state index in [0.29, 0.717) is 12.6 Å². The van der Waals surface area contributed by atoms with Gasteiger partial charge >= 0.3 is 0 Å². The summed E-state index contributed by atoms with van der Waals surface area (Å²) in [6, 6.07) is 11.6. The lowest BCUT2D eigenvalue weighted by Gasteiger charge is -2.31. The first-order valence-corrected chi connectivity index (χ1v) is 9.31. The minimum absolute atomic E-state index is 0.151. The lowest BCUT2D eigenvalue weighted by atomic mass is 10.1. The molecule has 0 radical (unpaired) electrons. The third-order valence-electron chi connectivity index (χ3n) is 4.58. The Morgan fingerprint density at radius 3 is 2.83 bits per heavy atom. The van der Waals surface area contributed by atoms with Gasteiger partial charge in [0.15, 0.2) is 0 Å². The van der Waals surface area contributed by atoms with Gasteiger partial charge < -0.3 is 5.32 Å². The van der Waals surface area contributed by atoms with Gasteiger partial charge in [0.25, 0.3) is 0 Å². The Bertz CT molecular complexity index is 622. The van der Waals surface area contributed by atoms with Crippen LogP contribution in [0.4, 0.5) is 4.39 Å². The zero-order valence-corrected chi connectivity index (χ0v) is 15.3. The van der Waals surface area contributed by atoms with Crippen LogP contribution >= 0.6 is 15.9 Å². The quantitative estimate of drug-likeness (QED) is 0.830. The molecule has 1 fully saturated rings. The fourth-order valence-electron chi connectivity index (χ4n) is 3.27. The van der Waals surface area contributed by atoms with Crippen molar-refractivity contribution >= 4 is 15.9 Å². The second-order valence-electron chi connectivity index (χ2n) is 6.26. The number of rotatable bonds is 5. The lowest BCUT2D eigenvalue weighted by Crippen LogP contribution is -2.35. The standard InChI is InChI=1S/C19H23BrFN3/c20-18-7-3-8-19(21)17(18)14-24(13-15-5-1-2-11-23-15)16-6-4-10-22-12-9-16/h1-3,5,7-8,11,16,22H,4,6,9-10,12-14H2. The summed E-state index contributed by atoms with van der Waals surface area (Å²) in [5.41, 5.74) is 1.76. The van der Waals surface area contributed by atoms with Gasteiger partial charge in [-0.2, -0.15) is 0 Å². The van der Waals surface area contributed by atoms with E-state index in [1.807, 2.05) is 30.5 Å². The maximum Gasteiger partial charge on any atom is 0.128 e. The number of hydrogen-bond acceptors (Lipinski definition) is 3. The van der Waals surface area contributed by atoms with Crippen molar-refractivity contribution in [2.45, 2.75) is 38.4 Å². The van der Waals surface area contributed by atoms with Gasteiger partial charge in [0.05, 0.1) is 5.69 Å². The van der Waals surface area contributed by atoms with E-state index in [1.54, 1.807) is 6.07 Å². The smallest absolute Gasteiger partial charge is 0.128 e. The topological polar surface area (TPSA) is 28.2 Å². The van der Waals surface area contributed by atoms with Crippen LogP contribution in [0.2, 0.25) is 0 Å². The molecule has 1 aromatic carbocycles. The Hall–Kier alpha value is -1.30. The molecular weight excluding hydrogens is 369 g/mol. The molecule has 1 atom stereocenters. The van der Waals surface area contributed by atoms with Gasteiger partial charge in [-0.1, -0.05) is 28.1 Å². The molecule has 0 saturated carbocycles. The van der Waals surface area contributed by atoms with Crippen LogP contribution in [-0.4, -0.2) is 29.0 Å². The molecule has 5 heteroatoms. The first kappa shape index (κ1) is 17.5. The zero-order chi connectivity index (χ0) is 16.8. The SMILES string of the molecule is Fc1cccc(Br)c1CN(Cc1ccccn1)C1CCCNCC1. The van der Waals surface area contributed by atoms with Crippen LogP contribution in [0.1, 0.15) is 30.5 Å². The van der Waals surface area contributed by atoms with Crippen LogP contribution in [-0.2, 0) is 13.1 Å². The first-order valence-electron chi connectivity index (χ1n) is 8.51. The van der Waals surface area contributed by atoms with Gasteiger partial charge in [0, 0.05) is 35.4 Å². The van der Waals surface area contributed by atoms with E-state index in [4.69, 9.17) is 0 Å². The minimum Gasteiger partial charge on any atom is -0.317 e. The summed E-state index contributed by atoms with van der Waals surface area (Å²) in [7, 11) is 0. The van der Waals surface area contributed by atoms with Gasteiger partial charge in [0.2, 0.25) is 0 Å². The molecule has 1 aliphatic heterocycles. The predicted octanol–water partition coefficient (Wildman–Crippen LogP) is 4.13. The number of hydrogen-bond donors (Lipinski definition) is 1. The van der Waals surface area contributed by atoms with Gasteiger partial charge in [-0.15, -0.1) is 0 Å². The van der Waals surface area contributed by atoms with Crippen LogP contribution < -0.4 is 5.32 Å². The lowest BCUT2D eigenvalue weighted by molar-refractivity contribution is 0.160. The zero-order valence-electron chi connectivity index (χ0n) is 13.7. The summed E-state index contributed by atoms with van der Waals surface area (Å²) < 4.78 is 15.1. The van der Waals surface area contributed by atoms with Crippen LogP contribution in [0.5, 0.6) is 0 Å². The van der Waals surface area contributed by atoms with Gasteiger partial charge in [-0.05, 0) is 56.6 Å². The summed E-state index contributed by atoms with van der Waals surface area (Å²) in [6.07, 6.45) is 5.19. The van der Waals surface area contributed by atoms with E-state index >= 15 is 0 Å². The number of benzene rings is 1. The summed E-state index contributed by atoms with van der Waals surface area (Å²) in [6.45, 7) is 3.42. The normalized spacial score (nSPS) is 18.5. The molecule has 3 rings (SSSR count). The Kier molecular flexibility index (Phi) is 6.35. The van der Waals surface area contributed by atoms with Gasteiger partial charge in [0.1, 0.15) is 5.82 Å². The Labute approximate surface area is 151 Å². The van der Waals surface area contributed by atoms with Crippen molar-refractivity contribution in [3.63, 3.8) is 0 Å². The minimum atomic E-state index is -0.151. The summed E-state index contributed by atoms with van der Waals surface area (Å²) in [5, 5.41) is 3.46. The van der Waals surface area contributed by atoms with Crippen LogP contribution in [0.3, 0.4) is 0 Å². The monoisotopic (exact) mass is 391 g/mol. The number of halogens is 2. The van der Waals surface area contributed by atoms with Crippen molar-refractivity contribution in [3.05, 3.63) is 64.1 Å². The van der Waals surface area contributed by atoms with E-state index in [1.165, 1.54) is 6.07 Å². The van der Waals surface area contributed by atoms with Gasteiger partial charge in [-0.3, -0.25) is 9.88 Å². The highest BCUT2D eigenvalue weighted by atomic mass is 79.9. The highest BCUT2D eigenvalue weighted by Crippen LogP contribution is 2.25. The van der Waals surface area contributed by atoms with Crippen LogP contribution in [0, 0.1) is 5.82 Å². The average Bonchev–Trinajstić information content (AvgIpc) is 2.87. The highest BCUT2D eigenvalue weighted by Gasteiger charge is 2.22.